The topological polar surface area (TPSA) is 70.4 Å². The minimum absolute atomic E-state index is 0.173. The van der Waals surface area contributed by atoms with E-state index in [4.69, 9.17) is 5.11 Å². The molecule has 0 spiro atoms. The number of carboxylic acids is 1. The molecule has 0 saturated heterocycles. The second kappa shape index (κ2) is 7.60. The van der Waals surface area contributed by atoms with E-state index in [0.29, 0.717) is 12.1 Å². The first-order chi connectivity index (χ1) is 12.7. The number of para-hydroxylation sites is 1. The zero-order valence-electron chi connectivity index (χ0n) is 14.9. The molecule has 6 heteroatoms. The fraction of sp³-hybridized carbons (Fsp3) is 0.500. The van der Waals surface area contributed by atoms with Crippen LogP contribution in [0, 0.1) is 5.92 Å². The van der Waals surface area contributed by atoms with Crippen molar-refractivity contribution in [2.24, 2.45) is 5.92 Å². The first kappa shape index (κ1) is 17.2. The Morgan fingerprint density at radius 2 is 2.04 bits per heavy atom. The van der Waals surface area contributed by atoms with Crippen LogP contribution in [0.3, 0.4) is 0 Å². The average molecular weight is 354 g/mol. The van der Waals surface area contributed by atoms with Gasteiger partial charge in [0.05, 0.1) is 13.1 Å². The number of rotatable bonds is 9. The Hall–Kier alpha value is -2.18. The van der Waals surface area contributed by atoms with Crippen LogP contribution in [0.4, 0.5) is 0 Å². The summed E-state index contributed by atoms with van der Waals surface area (Å²) in [4.78, 5) is 17.8. The van der Waals surface area contributed by atoms with Crippen molar-refractivity contribution in [3.05, 3.63) is 48.5 Å². The van der Waals surface area contributed by atoms with Crippen molar-refractivity contribution in [2.45, 2.75) is 44.3 Å². The largest absolute Gasteiger partial charge is 0.480 e. The molecule has 0 unspecified atom stereocenters. The third-order valence-electron chi connectivity index (χ3n) is 5.46. The first-order valence-electron chi connectivity index (χ1n) is 9.46. The molecule has 2 saturated carbocycles. The van der Waals surface area contributed by atoms with Gasteiger partial charge in [0.1, 0.15) is 5.82 Å². The van der Waals surface area contributed by atoms with E-state index in [1.54, 1.807) is 0 Å². The summed E-state index contributed by atoms with van der Waals surface area (Å²) in [5.41, 5.74) is 1.12. The first-order valence-corrected chi connectivity index (χ1v) is 9.46. The van der Waals surface area contributed by atoms with Crippen molar-refractivity contribution >= 4 is 5.97 Å². The molecule has 2 N–H and O–H groups in total. The summed E-state index contributed by atoms with van der Waals surface area (Å²) in [5.74, 6) is 1.01. The maximum absolute atomic E-state index is 11.1. The van der Waals surface area contributed by atoms with E-state index in [2.05, 4.69) is 31.9 Å². The minimum Gasteiger partial charge on any atom is -0.480 e. The Morgan fingerprint density at radius 3 is 2.73 bits per heavy atom. The smallest absolute Gasteiger partial charge is 0.317 e. The highest BCUT2D eigenvalue weighted by atomic mass is 16.4. The van der Waals surface area contributed by atoms with E-state index in [0.717, 1.165) is 43.4 Å². The molecule has 0 amide bonds. The van der Waals surface area contributed by atoms with Gasteiger partial charge in [0, 0.05) is 36.7 Å². The van der Waals surface area contributed by atoms with Gasteiger partial charge in [-0.1, -0.05) is 18.2 Å². The number of hydrogen-bond donors (Lipinski definition) is 2. The standard InChI is InChI=1S/C20H26N4O2/c25-20(26)14-23(13-15-6-7-15)18-10-16(11-18)22-12-19-21-8-9-24(19)17-4-2-1-3-5-17/h1-5,8-9,15-16,18,22H,6-7,10-14H2,(H,25,26). The number of carboxylic acid groups (broad SMARTS) is 1. The summed E-state index contributed by atoms with van der Waals surface area (Å²) in [6.07, 6.45) is 8.37. The number of nitrogens with one attached hydrogen (secondary N) is 1. The van der Waals surface area contributed by atoms with E-state index >= 15 is 0 Å². The lowest BCUT2D eigenvalue weighted by molar-refractivity contribution is -0.139. The van der Waals surface area contributed by atoms with Gasteiger partial charge in [-0.05, 0) is 43.7 Å². The lowest BCUT2D eigenvalue weighted by Crippen LogP contribution is -2.54. The van der Waals surface area contributed by atoms with Crippen LogP contribution in [0.2, 0.25) is 0 Å². The third kappa shape index (κ3) is 4.14. The number of benzene rings is 1. The van der Waals surface area contributed by atoms with Crippen molar-refractivity contribution in [3.63, 3.8) is 0 Å². The molecule has 4 rings (SSSR count). The van der Waals surface area contributed by atoms with E-state index in [-0.39, 0.29) is 6.54 Å². The van der Waals surface area contributed by atoms with Crippen LogP contribution in [0.25, 0.3) is 5.69 Å². The Kier molecular flexibility index (Phi) is 5.04. The zero-order chi connectivity index (χ0) is 17.9. The molecule has 2 aromatic rings. The van der Waals surface area contributed by atoms with Crippen molar-refractivity contribution in [1.29, 1.82) is 0 Å². The van der Waals surface area contributed by atoms with Gasteiger partial charge in [0.15, 0.2) is 0 Å². The van der Waals surface area contributed by atoms with Gasteiger partial charge < -0.3 is 15.0 Å². The number of hydrogen-bond acceptors (Lipinski definition) is 4. The summed E-state index contributed by atoms with van der Waals surface area (Å²) >= 11 is 0. The van der Waals surface area contributed by atoms with Crippen LogP contribution in [-0.2, 0) is 11.3 Å². The van der Waals surface area contributed by atoms with Crippen molar-refractivity contribution in [2.75, 3.05) is 13.1 Å². The third-order valence-corrected chi connectivity index (χ3v) is 5.46. The van der Waals surface area contributed by atoms with E-state index in [1.807, 2.05) is 30.6 Å². The highest BCUT2D eigenvalue weighted by Crippen LogP contribution is 2.33. The summed E-state index contributed by atoms with van der Waals surface area (Å²) in [7, 11) is 0. The fourth-order valence-electron chi connectivity index (χ4n) is 3.73. The summed E-state index contributed by atoms with van der Waals surface area (Å²) in [6, 6.07) is 11.1. The van der Waals surface area contributed by atoms with Crippen LogP contribution in [0.5, 0.6) is 0 Å². The molecule has 0 atom stereocenters. The lowest BCUT2D eigenvalue weighted by Gasteiger charge is -2.43. The molecule has 1 aromatic carbocycles. The molecule has 2 fully saturated rings. The molecule has 0 bridgehead atoms. The molecule has 2 aliphatic carbocycles. The fourth-order valence-corrected chi connectivity index (χ4v) is 3.73. The molecular weight excluding hydrogens is 328 g/mol. The Labute approximate surface area is 153 Å². The summed E-state index contributed by atoms with van der Waals surface area (Å²) < 4.78 is 2.10. The number of imidazole rings is 1. The van der Waals surface area contributed by atoms with E-state index in [9.17, 15) is 4.79 Å². The van der Waals surface area contributed by atoms with E-state index in [1.165, 1.54) is 12.8 Å². The predicted molar refractivity (Wildman–Crippen MR) is 99.1 cm³/mol. The van der Waals surface area contributed by atoms with Gasteiger partial charge in [-0.3, -0.25) is 9.69 Å². The van der Waals surface area contributed by atoms with Crippen molar-refractivity contribution in [1.82, 2.24) is 19.8 Å². The van der Waals surface area contributed by atoms with E-state index < -0.39 is 5.97 Å². The number of aromatic nitrogens is 2. The minimum atomic E-state index is -0.716. The molecule has 138 valence electrons. The Morgan fingerprint density at radius 1 is 1.27 bits per heavy atom. The molecule has 2 aliphatic rings. The van der Waals surface area contributed by atoms with Gasteiger partial charge in [0.25, 0.3) is 0 Å². The Balaban J connectivity index is 1.28. The highest BCUT2D eigenvalue weighted by molar-refractivity contribution is 5.69. The lowest BCUT2D eigenvalue weighted by atomic mass is 9.85. The van der Waals surface area contributed by atoms with Crippen molar-refractivity contribution < 1.29 is 9.90 Å². The second-order valence-corrected chi connectivity index (χ2v) is 7.52. The zero-order valence-corrected chi connectivity index (χ0v) is 14.9. The van der Waals surface area contributed by atoms with Gasteiger partial charge in [-0.2, -0.15) is 0 Å². The van der Waals surface area contributed by atoms with Crippen LogP contribution in [0.1, 0.15) is 31.5 Å². The Bertz CT molecular complexity index is 735. The van der Waals surface area contributed by atoms with Crippen LogP contribution in [-0.4, -0.2) is 50.7 Å². The molecular formula is C20H26N4O2. The maximum Gasteiger partial charge on any atom is 0.317 e. The van der Waals surface area contributed by atoms with Crippen LogP contribution in [0.15, 0.2) is 42.7 Å². The second-order valence-electron chi connectivity index (χ2n) is 7.52. The molecule has 6 nitrogen and oxygen atoms in total. The summed E-state index contributed by atoms with van der Waals surface area (Å²) in [6.45, 7) is 1.84. The van der Waals surface area contributed by atoms with Gasteiger partial charge in [0.2, 0.25) is 0 Å². The molecule has 1 heterocycles. The maximum atomic E-state index is 11.1. The quantitative estimate of drug-likeness (QED) is 0.723. The normalized spacial score (nSPS) is 22.3. The van der Waals surface area contributed by atoms with Crippen molar-refractivity contribution in [3.8, 4) is 5.69 Å². The molecule has 0 aliphatic heterocycles. The monoisotopic (exact) mass is 354 g/mol. The van der Waals surface area contributed by atoms with Gasteiger partial charge in [-0.15, -0.1) is 0 Å². The SMILES string of the molecule is O=C(O)CN(CC1CC1)C1CC(NCc2nccn2-c2ccccc2)C1. The predicted octanol–water partition coefficient (Wildman–Crippen LogP) is 2.29. The van der Waals surface area contributed by atoms with Crippen LogP contribution >= 0.6 is 0 Å². The molecule has 0 radical (unpaired) electrons. The number of carbonyl (C=O) groups is 1. The summed E-state index contributed by atoms with van der Waals surface area (Å²) in [5, 5.41) is 12.7. The van der Waals surface area contributed by atoms with Crippen LogP contribution < -0.4 is 5.32 Å². The van der Waals surface area contributed by atoms with Gasteiger partial charge in [-0.25, -0.2) is 4.98 Å². The molecule has 1 aromatic heterocycles. The average Bonchev–Trinajstić information content (AvgIpc) is 3.28. The van der Waals surface area contributed by atoms with Gasteiger partial charge >= 0.3 is 5.97 Å². The number of nitrogens with zero attached hydrogens (tertiary/aromatic N) is 3. The number of aliphatic carboxylic acids is 1. The highest BCUT2D eigenvalue weighted by Gasteiger charge is 2.36. The molecule has 26 heavy (non-hydrogen) atoms.